The van der Waals surface area contributed by atoms with Crippen molar-refractivity contribution < 1.29 is 4.79 Å². The second-order valence-electron chi connectivity index (χ2n) is 6.73. The van der Waals surface area contributed by atoms with Crippen molar-refractivity contribution in [1.82, 2.24) is 10.2 Å². The Labute approximate surface area is 121 Å². The minimum Gasteiger partial charge on any atom is -0.318 e. The highest BCUT2D eigenvalue weighted by atomic mass is 16.2. The Morgan fingerprint density at radius 1 is 1.25 bits per heavy atom. The Balaban J connectivity index is 1.91. The normalized spacial score (nSPS) is 33.0. The molecule has 1 aliphatic heterocycles. The number of hydrogen-bond acceptors (Lipinski definition) is 2. The summed E-state index contributed by atoms with van der Waals surface area (Å²) >= 11 is 0. The van der Waals surface area contributed by atoms with Crippen molar-refractivity contribution in [2.45, 2.75) is 52.4 Å². The van der Waals surface area contributed by atoms with Crippen molar-refractivity contribution in [2.75, 3.05) is 0 Å². The molecule has 3 heteroatoms. The largest absolute Gasteiger partial charge is 0.318 e. The van der Waals surface area contributed by atoms with Crippen molar-refractivity contribution in [3.63, 3.8) is 0 Å². The number of amides is 1. The molecule has 1 saturated heterocycles. The third kappa shape index (κ3) is 2.24. The maximum atomic E-state index is 12.7. The summed E-state index contributed by atoms with van der Waals surface area (Å²) in [5.74, 6) is 1.24. The molecule has 20 heavy (non-hydrogen) atoms. The van der Waals surface area contributed by atoms with Gasteiger partial charge >= 0.3 is 0 Å². The van der Waals surface area contributed by atoms with Gasteiger partial charge in [-0.3, -0.25) is 10.1 Å². The number of nitrogens with zero attached hydrogens (tertiary/aromatic N) is 1. The van der Waals surface area contributed by atoms with Crippen LogP contribution >= 0.6 is 0 Å². The van der Waals surface area contributed by atoms with Gasteiger partial charge in [0.2, 0.25) is 5.91 Å². The van der Waals surface area contributed by atoms with Crippen LogP contribution in [0.15, 0.2) is 24.3 Å². The Hall–Kier alpha value is -1.35. The quantitative estimate of drug-likeness (QED) is 0.917. The van der Waals surface area contributed by atoms with E-state index in [9.17, 15) is 4.79 Å². The molecule has 0 radical (unpaired) electrons. The number of carbonyl (C=O) groups excluding carboxylic acids is 1. The van der Waals surface area contributed by atoms with E-state index in [-0.39, 0.29) is 18.1 Å². The van der Waals surface area contributed by atoms with Crippen molar-refractivity contribution >= 4 is 5.91 Å². The molecular weight excluding hydrogens is 248 g/mol. The first kappa shape index (κ1) is 13.6. The predicted octanol–water partition coefficient (Wildman–Crippen LogP) is 2.86. The van der Waals surface area contributed by atoms with Crippen LogP contribution in [0.25, 0.3) is 0 Å². The smallest absolute Gasteiger partial charge is 0.241 e. The lowest BCUT2D eigenvalue weighted by Gasteiger charge is -2.25. The first-order valence-electron chi connectivity index (χ1n) is 7.64. The molecule has 1 heterocycles. The van der Waals surface area contributed by atoms with Crippen molar-refractivity contribution in [2.24, 2.45) is 11.8 Å². The average Bonchev–Trinajstić information content (AvgIpc) is 3.00. The van der Waals surface area contributed by atoms with Gasteiger partial charge in [-0.1, -0.05) is 50.6 Å². The lowest BCUT2D eigenvalue weighted by Crippen LogP contribution is -2.35. The summed E-state index contributed by atoms with van der Waals surface area (Å²) in [6.07, 6.45) is 1.19. The molecule has 3 rings (SSSR count). The van der Waals surface area contributed by atoms with Crippen molar-refractivity contribution in [1.29, 1.82) is 0 Å². The standard InChI is InChI=1S/C17H24N2O/c1-10(2)15-17(20)19(14-9-12(14)4)16(18-15)13-7-5-11(3)6-8-13/h5-8,10,12,14-16,18H,9H2,1-4H3. The van der Waals surface area contributed by atoms with E-state index < -0.39 is 0 Å². The van der Waals surface area contributed by atoms with Crippen LogP contribution in [0.2, 0.25) is 0 Å². The van der Waals surface area contributed by atoms with E-state index in [4.69, 9.17) is 0 Å². The summed E-state index contributed by atoms with van der Waals surface area (Å²) < 4.78 is 0. The van der Waals surface area contributed by atoms with E-state index in [1.54, 1.807) is 0 Å². The third-order valence-corrected chi connectivity index (χ3v) is 4.62. The topological polar surface area (TPSA) is 32.3 Å². The van der Waals surface area contributed by atoms with Crippen molar-refractivity contribution in [3.8, 4) is 0 Å². The van der Waals surface area contributed by atoms with E-state index in [1.165, 1.54) is 11.1 Å². The fourth-order valence-electron chi connectivity index (χ4n) is 3.14. The van der Waals surface area contributed by atoms with Crippen LogP contribution in [-0.2, 0) is 4.79 Å². The monoisotopic (exact) mass is 272 g/mol. The second kappa shape index (κ2) is 4.88. The van der Waals surface area contributed by atoms with E-state index in [0.29, 0.717) is 17.9 Å². The molecule has 0 aromatic heterocycles. The highest BCUT2D eigenvalue weighted by Gasteiger charge is 2.50. The summed E-state index contributed by atoms with van der Waals surface area (Å²) in [5, 5.41) is 3.54. The minimum atomic E-state index is -0.0471. The van der Waals surface area contributed by atoms with Gasteiger partial charge in [-0.15, -0.1) is 0 Å². The number of carbonyl (C=O) groups is 1. The maximum Gasteiger partial charge on any atom is 0.241 e. The molecule has 0 bridgehead atoms. The van der Waals surface area contributed by atoms with E-state index >= 15 is 0 Å². The van der Waals surface area contributed by atoms with Gasteiger partial charge in [-0.05, 0) is 30.7 Å². The van der Waals surface area contributed by atoms with Crippen LogP contribution in [-0.4, -0.2) is 22.9 Å². The van der Waals surface area contributed by atoms with Gasteiger partial charge in [0.05, 0.1) is 6.04 Å². The molecule has 1 aromatic rings. The summed E-state index contributed by atoms with van der Waals surface area (Å²) in [7, 11) is 0. The molecule has 1 amide bonds. The first-order valence-corrected chi connectivity index (χ1v) is 7.64. The van der Waals surface area contributed by atoms with E-state index in [1.807, 2.05) is 0 Å². The van der Waals surface area contributed by atoms with E-state index in [2.05, 4.69) is 62.2 Å². The molecule has 2 aliphatic rings. The molecule has 0 spiro atoms. The van der Waals surface area contributed by atoms with E-state index in [0.717, 1.165) is 6.42 Å². The number of rotatable bonds is 3. The van der Waals surface area contributed by atoms with Gasteiger partial charge in [0.15, 0.2) is 0 Å². The molecule has 108 valence electrons. The van der Waals surface area contributed by atoms with Crippen LogP contribution in [0.5, 0.6) is 0 Å². The first-order chi connectivity index (χ1) is 9.49. The number of benzene rings is 1. The second-order valence-corrected chi connectivity index (χ2v) is 6.73. The highest BCUT2D eigenvalue weighted by molar-refractivity contribution is 5.85. The van der Waals surface area contributed by atoms with Gasteiger partial charge in [0.1, 0.15) is 6.17 Å². The molecule has 1 aliphatic carbocycles. The van der Waals surface area contributed by atoms with Gasteiger partial charge in [0.25, 0.3) is 0 Å². The zero-order valence-corrected chi connectivity index (χ0v) is 12.8. The lowest BCUT2D eigenvalue weighted by atomic mass is 10.0. The van der Waals surface area contributed by atoms with Crippen LogP contribution in [0.3, 0.4) is 0 Å². The highest BCUT2D eigenvalue weighted by Crippen LogP contribution is 2.42. The zero-order valence-electron chi connectivity index (χ0n) is 12.8. The van der Waals surface area contributed by atoms with Crippen LogP contribution in [0.4, 0.5) is 0 Å². The molecule has 2 fully saturated rings. The number of nitrogens with one attached hydrogen (secondary N) is 1. The number of hydrogen-bond donors (Lipinski definition) is 1. The molecule has 3 nitrogen and oxygen atoms in total. The van der Waals surface area contributed by atoms with Crippen molar-refractivity contribution in [3.05, 3.63) is 35.4 Å². The van der Waals surface area contributed by atoms with Gasteiger partial charge in [0, 0.05) is 6.04 Å². The third-order valence-electron chi connectivity index (χ3n) is 4.62. The SMILES string of the molecule is Cc1ccc(C2NC(C(C)C)C(=O)N2C2CC2C)cc1. The molecule has 1 saturated carbocycles. The van der Waals surface area contributed by atoms with Crippen LogP contribution in [0.1, 0.15) is 44.5 Å². The zero-order chi connectivity index (χ0) is 14.4. The molecular formula is C17H24N2O. The van der Waals surface area contributed by atoms with Gasteiger partial charge < -0.3 is 4.90 Å². The molecule has 1 aromatic carbocycles. The van der Waals surface area contributed by atoms with Crippen LogP contribution in [0, 0.1) is 18.8 Å². The summed E-state index contributed by atoms with van der Waals surface area (Å²) in [4.78, 5) is 14.8. The van der Waals surface area contributed by atoms with Gasteiger partial charge in [-0.25, -0.2) is 0 Å². The average molecular weight is 272 g/mol. The fourth-order valence-corrected chi connectivity index (χ4v) is 3.14. The molecule has 1 N–H and O–H groups in total. The Kier molecular flexibility index (Phi) is 3.33. The fraction of sp³-hybridized carbons (Fsp3) is 0.588. The minimum absolute atomic E-state index is 0.0467. The molecule has 4 unspecified atom stereocenters. The summed E-state index contributed by atoms with van der Waals surface area (Å²) in [6.45, 7) is 8.55. The lowest BCUT2D eigenvalue weighted by molar-refractivity contribution is -0.131. The predicted molar refractivity (Wildman–Crippen MR) is 80.1 cm³/mol. The number of aryl methyl sites for hydroxylation is 1. The van der Waals surface area contributed by atoms with Gasteiger partial charge in [-0.2, -0.15) is 0 Å². The Morgan fingerprint density at radius 2 is 1.85 bits per heavy atom. The summed E-state index contributed by atoms with van der Waals surface area (Å²) in [6, 6.07) is 8.91. The van der Waals surface area contributed by atoms with Crippen LogP contribution < -0.4 is 5.32 Å². The Bertz CT molecular complexity index is 508. The Morgan fingerprint density at radius 3 is 2.35 bits per heavy atom. The summed E-state index contributed by atoms with van der Waals surface area (Å²) in [5.41, 5.74) is 2.45. The molecule has 4 atom stereocenters. The maximum absolute atomic E-state index is 12.7.